The Morgan fingerprint density at radius 2 is 1.76 bits per heavy atom. The second-order valence-corrected chi connectivity index (χ2v) is 5.20. The Morgan fingerprint density at radius 1 is 1.04 bits per heavy atom. The zero-order valence-electron chi connectivity index (χ0n) is 13.6. The fraction of sp³-hybridized carbons (Fsp3) is 0.118. The second-order valence-electron chi connectivity index (χ2n) is 4.77. The van der Waals surface area contributed by atoms with Gasteiger partial charge in [-0.2, -0.15) is 5.10 Å². The molecule has 2 N–H and O–H groups in total. The standard InChI is InChI=1S/C17H16ClN3O4/c1-24-14-7-8-15(25-2)11(9-14)10-19-21-17(23)16(22)20-13-5-3-12(18)4-6-13/h3-10H,1-2H3,(H,20,22)(H,21,23)/b19-10-. The maximum absolute atomic E-state index is 11.8. The zero-order chi connectivity index (χ0) is 18.2. The summed E-state index contributed by atoms with van der Waals surface area (Å²) in [5.74, 6) is -0.608. The molecule has 0 aliphatic rings. The molecule has 0 aromatic heterocycles. The molecule has 0 bridgehead atoms. The summed E-state index contributed by atoms with van der Waals surface area (Å²) in [7, 11) is 3.04. The highest BCUT2D eigenvalue weighted by atomic mass is 35.5. The van der Waals surface area contributed by atoms with Crippen molar-refractivity contribution in [1.82, 2.24) is 5.43 Å². The number of nitrogens with zero attached hydrogens (tertiary/aromatic N) is 1. The molecule has 0 aliphatic heterocycles. The summed E-state index contributed by atoms with van der Waals surface area (Å²) >= 11 is 5.75. The topological polar surface area (TPSA) is 89.0 Å². The Morgan fingerprint density at radius 3 is 2.40 bits per heavy atom. The molecule has 2 amide bonds. The van der Waals surface area contributed by atoms with Crippen LogP contribution < -0.4 is 20.2 Å². The minimum Gasteiger partial charge on any atom is -0.497 e. The third-order valence-electron chi connectivity index (χ3n) is 3.11. The van der Waals surface area contributed by atoms with Crippen molar-refractivity contribution in [2.45, 2.75) is 0 Å². The lowest BCUT2D eigenvalue weighted by atomic mass is 10.2. The van der Waals surface area contributed by atoms with Gasteiger partial charge < -0.3 is 14.8 Å². The lowest BCUT2D eigenvalue weighted by Gasteiger charge is -2.07. The number of hydrogen-bond acceptors (Lipinski definition) is 5. The first-order valence-corrected chi connectivity index (χ1v) is 7.53. The molecule has 2 aromatic carbocycles. The predicted octanol–water partition coefficient (Wildman–Crippen LogP) is 2.45. The minimum atomic E-state index is -0.909. The Hall–Kier alpha value is -3.06. The minimum absolute atomic E-state index is 0.447. The highest BCUT2D eigenvalue weighted by molar-refractivity contribution is 6.39. The summed E-state index contributed by atoms with van der Waals surface area (Å²) in [5, 5.41) is 6.72. The van der Waals surface area contributed by atoms with Gasteiger partial charge in [-0.1, -0.05) is 11.6 Å². The molecule has 0 heterocycles. The molecule has 0 spiro atoms. The molecule has 0 saturated carbocycles. The molecule has 0 unspecified atom stereocenters. The summed E-state index contributed by atoms with van der Waals surface area (Å²) in [6.45, 7) is 0. The molecular formula is C17H16ClN3O4. The number of rotatable bonds is 5. The van der Waals surface area contributed by atoms with Gasteiger partial charge >= 0.3 is 11.8 Å². The van der Waals surface area contributed by atoms with Gasteiger partial charge in [-0.25, -0.2) is 5.43 Å². The summed E-state index contributed by atoms with van der Waals surface area (Å²) in [4.78, 5) is 23.6. The maximum atomic E-state index is 11.8. The average Bonchev–Trinajstić information content (AvgIpc) is 2.63. The molecule has 0 radical (unpaired) electrons. The fourth-order valence-electron chi connectivity index (χ4n) is 1.87. The van der Waals surface area contributed by atoms with Crippen LogP contribution in [0.3, 0.4) is 0 Å². The van der Waals surface area contributed by atoms with Crippen molar-refractivity contribution in [1.29, 1.82) is 0 Å². The molecule has 2 aromatic rings. The van der Waals surface area contributed by atoms with E-state index < -0.39 is 11.8 Å². The number of nitrogens with one attached hydrogen (secondary N) is 2. The predicted molar refractivity (Wildman–Crippen MR) is 95.4 cm³/mol. The van der Waals surface area contributed by atoms with Crippen molar-refractivity contribution < 1.29 is 19.1 Å². The lowest BCUT2D eigenvalue weighted by molar-refractivity contribution is -0.136. The van der Waals surface area contributed by atoms with Crippen molar-refractivity contribution in [3.63, 3.8) is 0 Å². The van der Waals surface area contributed by atoms with E-state index in [9.17, 15) is 9.59 Å². The maximum Gasteiger partial charge on any atom is 0.329 e. The first-order valence-electron chi connectivity index (χ1n) is 7.15. The van der Waals surface area contributed by atoms with Crippen LogP contribution in [0.15, 0.2) is 47.6 Å². The van der Waals surface area contributed by atoms with Gasteiger partial charge in [0.1, 0.15) is 11.5 Å². The molecule has 0 saturated heterocycles. The molecule has 0 fully saturated rings. The quantitative estimate of drug-likeness (QED) is 0.486. The molecular weight excluding hydrogens is 346 g/mol. The van der Waals surface area contributed by atoms with E-state index in [1.165, 1.54) is 20.4 Å². The van der Waals surface area contributed by atoms with Crippen LogP contribution >= 0.6 is 11.6 Å². The van der Waals surface area contributed by atoms with Crippen molar-refractivity contribution >= 4 is 35.3 Å². The normalized spacial score (nSPS) is 10.4. The number of hydrogen-bond donors (Lipinski definition) is 2. The number of anilines is 1. The van der Waals surface area contributed by atoms with Gasteiger partial charge in [-0.15, -0.1) is 0 Å². The van der Waals surface area contributed by atoms with E-state index in [2.05, 4.69) is 15.8 Å². The number of ether oxygens (including phenoxy) is 2. The summed E-state index contributed by atoms with van der Waals surface area (Å²) in [6, 6.07) is 11.5. The largest absolute Gasteiger partial charge is 0.497 e. The van der Waals surface area contributed by atoms with Crippen LogP contribution in [0.25, 0.3) is 0 Å². The van der Waals surface area contributed by atoms with E-state index in [1.54, 1.807) is 42.5 Å². The SMILES string of the molecule is COc1ccc(OC)c(/C=N\NC(=O)C(=O)Nc2ccc(Cl)cc2)c1. The third-order valence-corrected chi connectivity index (χ3v) is 3.37. The number of benzene rings is 2. The van der Waals surface area contributed by atoms with Crippen molar-refractivity contribution in [2.75, 3.05) is 19.5 Å². The molecule has 7 nitrogen and oxygen atoms in total. The van der Waals surface area contributed by atoms with Gasteiger partial charge in [0.05, 0.1) is 20.4 Å². The Bertz CT molecular complexity index is 791. The summed E-state index contributed by atoms with van der Waals surface area (Å²) < 4.78 is 10.3. The first-order chi connectivity index (χ1) is 12.0. The fourth-order valence-corrected chi connectivity index (χ4v) is 2.00. The molecule has 8 heteroatoms. The molecule has 130 valence electrons. The molecule has 2 rings (SSSR count). The zero-order valence-corrected chi connectivity index (χ0v) is 14.3. The van der Waals surface area contributed by atoms with Crippen LogP contribution in [-0.4, -0.2) is 32.2 Å². The van der Waals surface area contributed by atoms with Gasteiger partial charge in [0.2, 0.25) is 0 Å². The van der Waals surface area contributed by atoms with Gasteiger partial charge in [0, 0.05) is 16.3 Å². The molecule has 0 aliphatic carbocycles. The Balaban J connectivity index is 1.97. The molecule has 25 heavy (non-hydrogen) atoms. The van der Waals surface area contributed by atoms with Gasteiger partial charge in [-0.05, 0) is 42.5 Å². The number of hydrazone groups is 1. The van der Waals surface area contributed by atoms with Crippen LogP contribution in [0.5, 0.6) is 11.5 Å². The Labute approximate surface area is 149 Å². The monoisotopic (exact) mass is 361 g/mol. The highest BCUT2D eigenvalue weighted by Gasteiger charge is 2.13. The van der Waals surface area contributed by atoms with E-state index in [4.69, 9.17) is 21.1 Å². The average molecular weight is 362 g/mol. The first kappa shape index (κ1) is 18.3. The van der Waals surface area contributed by atoms with Gasteiger partial charge in [-0.3, -0.25) is 9.59 Å². The molecule has 0 atom stereocenters. The van der Waals surface area contributed by atoms with Crippen LogP contribution in [-0.2, 0) is 9.59 Å². The van der Waals surface area contributed by atoms with Gasteiger partial charge in [0.15, 0.2) is 0 Å². The summed E-state index contributed by atoms with van der Waals surface area (Å²) in [6.07, 6.45) is 1.36. The van der Waals surface area contributed by atoms with Crippen molar-refractivity contribution in [3.8, 4) is 11.5 Å². The highest BCUT2D eigenvalue weighted by Crippen LogP contribution is 2.22. The van der Waals surface area contributed by atoms with Crippen molar-refractivity contribution in [3.05, 3.63) is 53.1 Å². The number of halogens is 1. The Kier molecular flexibility index (Phi) is 6.36. The van der Waals surface area contributed by atoms with E-state index in [-0.39, 0.29) is 0 Å². The van der Waals surface area contributed by atoms with E-state index in [1.807, 2.05) is 0 Å². The summed E-state index contributed by atoms with van der Waals surface area (Å²) in [5.41, 5.74) is 3.18. The van der Waals surface area contributed by atoms with Crippen molar-refractivity contribution in [2.24, 2.45) is 5.10 Å². The number of amides is 2. The smallest absolute Gasteiger partial charge is 0.329 e. The van der Waals surface area contributed by atoms with Crippen LogP contribution in [0.4, 0.5) is 5.69 Å². The lowest BCUT2D eigenvalue weighted by Crippen LogP contribution is -2.32. The van der Waals surface area contributed by atoms with Crippen LogP contribution in [0.2, 0.25) is 5.02 Å². The van der Waals surface area contributed by atoms with Gasteiger partial charge in [0.25, 0.3) is 0 Å². The third kappa shape index (κ3) is 5.22. The van der Waals surface area contributed by atoms with Crippen LogP contribution in [0, 0.1) is 0 Å². The van der Waals surface area contributed by atoms with Crippen LogP contribution in [0.1, 0.15) is 5.56 Å². The van der Waals surface area contributed by atoms with E-state index in [0.717, 1.165) is 0 Å². The second kappa shape index (κ2) is 8.70. The number of carbonyl (C=O) groups excluding carboxylic acids is 2. The number of methoxy groups -OCH3 is 2. The van der Waals surface area contributed by atoms with E-state index in [0.29, 0.717) is 27.8 Å². The number of carbonyl (C=O) groups is 2. The van der Waals surface area contributed by atoms with E-state index >= 15 is 0 Å².